The van der Waals surface area contributed by atoms with Crippen LogP contribution in [0.5, 0.6) is 0 Å². The monoisotopic (exact) mass is 933 g/mol. The van der Waals surface area contributed by atoms with Crippen molar-refractivity contribution in [1.29, 1.82) is 0 Å². The summed E-state index contributed by atoms with van der Waals surface area (Å²) >= 11 is 0. The largest absolute Gasteiger partial charge is 0.477 e. The van der Waals surface area contributed by atoms with Crippen molar-refractivity contribution >= 4 is 17.9 Å². The molecule has 0 radical (unpaired) electrons. The number of unbranched alkanes of at least 4 members (excludes halogenated alkanes) is 34. The van der Waals surface area contributed by atoms with E-state index < -0.39 is 18.1 Å². The van der Waals surface area contributed by atoms with E-state index >= 15 is 0 Å². The van der Waals surface area contributed by atoms with Crippen LogP contribution in [0.1, 0.15) is 277 Å². The fourth-order valence-corrected chi connectivity index (χ4v) is 8.71. The molecule has 1 N–H and O–H groups in total. The predicted molar refractivity (Wildman–Crippen MR) is 280 cm³/mol. The molecule has 0 spiro atoms. The van der Waals surface area contributed by atoms with Crippen molar-refractivity contribution in [3.63, 3.8) is 0 Å². The number of carboxylic acids is 1. The number of ether oxygens (including phenoxy) is 3. The number of allylic oxidation sites excluding steroid dienone is 4. The van der Waals surface area contributed by atoms with Gasteiger partial charge in [0.25, 0.3) is 0 Å². The summed E-state index contributed by atoms with van der Waals surface area (Å²) in [5, 5.41) is 9.67. The van der Waals surface area contributed by atoms with Gasteiger partial charge in [-0.2, -0.15) is 0 Å². The van der Waals surface area contributed by atoms with Gasteiger partial charge in [-0.15, -0.1) is 0 Å². The van der Waals surface area contributed by atoms with Crippen LogP contribution in [0.15, 0.2) is 24.3 Å². The summed E-state index contributed by atoms with van der Waals surface area (Å²) in [5.74, 6) is -1.45. The summed E-state index contributed by atoms with van der Waals surface area (Å²) < 4.78 is 17.4. The smallest absolute Gasteiger partial charge is 0.362 e. The number of carbonyl (C=O) groups is 3. The Kier molecular flexibility index (Phi) is 47.6. The molecule has 0 aromatic rings. The Labute approximate surface area is 409 Å². The molecule has 0 aliphatic heterocycles. The second-order valence-electron chi connectivity index (χ2n) is 20.6. The number of rotatable bonds is 52. The average Bonchev–Trinajstić information content (AvgIpc) is 3.28. The van der Waals surface area contributed by atoms with Crippen LogP contribution in [0.3, 0.4) is 0 Å². The molecule has 0 bridgehead atoms. The Morgan fingerprint density at radius 1 is 0.455 bits per heavy atom. The molecule has 0 aromatic heterocycles. The molecule has 0 aromatic carbocycles. The van der Waals surface area contributed by atoms with Gasteiger partial charge in [0.15, 0.2) is 12.1 Å². The third-order valence-electron chi connectivity index (χ3n) is 13.1. The van der Waals surface area contributed by atoms with Gasteiger partial charge in [-0.1, -0.05) is 237 Å². The summed E-state index contributed by atoms with van der Waals surface area (Å²) in [7, 11) is 5.55. The Morgan fingerprint density at radius 2 is 0.803 bits per heavy atom. The molecule has 388 valence electrons. The summed E-state index contributed by atoms with van der Waals surface area (Å²) in [6.45, 7) is 4.78. The van der Waals surface area contributed by atoms with E-state index in [0.29, 0.717) is 19.3 Å². The fourth-order valence-electron chi connectivity index (χ4n) is 8.71. The van der Waals surface area contributed by atoms with Crippen LogP contribution >= 0.6 is 0 Å². The van der Waals surface area contributed by atoms with Gasteiger partial charge in [0.2, 0.25) is 0 Å². The van der Waals surface area contributed by atoms with Crippen LogP contribution in [-0.4, -0.2) is 80.6 Å². The second kappa shape index (κ2) is 49.2. The molecule has 0 heterocycles. The second-order valence-corrected chi connectivity index (χ2v) is 20.6. The standard InChI is InChI=1S/C58H109NO7/c1-6-8-10-12-14-16-18-20-22-24-26-28-30-32-34-36-38-40-42-44-46-48-56(60)65-53-54(52-64-51-50-55(58(62)63)59(3,4)5)66-57(61)49-47-45-43-41-39-37-35-33-31-29-27-25-23-21-19-17-15-13-11-9-7-2/h19,21,25,27,54-55H,6-18,20,22-24,26,28-53H2,1-5H3/p+1/b21-19-,27-25-. The molecule has 0 amide bonds. The van der Waals surface area contributed by atoms with Gasteiger partial charge < -0.3 is 23.8 Å². The van der Waals surface area contributed by atoms with Crippen molar-refractivity contribution in [2.45, 2.75) is 289 Å². The number of aliphatic carboxylic acids is 1. The van der Waals surface area contributed by atoms with Crippen molar-refractivity contribution in [2.24, 2.45) is 0 Å². The first-order valence-electron chi connectivity index (χ1n) is 28.4. The first-order valence-corrected chi connectivity index (χ1v) is 28.4. The van der Waals surface area contributed by atoms with Crippen molar-refractivity contribution in [2.75, 3.05) is 41.0 Å². The van der Waals surface area contributed by atoms with Crippen LogP contribution in [0.2, 0.25) is 0 Å². The summed E-state index contributed by atoms with van der Waals surface area (Å²) in [6, 6.07) is -0.614. The zero-order chi connectivity index (χ0) is 48.4. The van der Waals surface area contributed by atoms with Gasteiger partial charge in [-0.3, -0.25) is 9.59 Å². The van der Waals surface area contributed by atoms with E-state index in [9.17, 15) is 19.5 Å². The minimum Gasteiger partial charge on any atom is -0.477 e. The molecular formula is C58H110NO7+. The summed E-state index contributed by atoms with van der Waals surface area (Å²) in [6.07, 6.45) is 58.1. The summed E-state index contributed by atoms with van der Waals surface area (Å²) in [4.78, 5) is 37.3. The molecule has 0 saturated carbocycles. The molecule has 2 atom stereocenters. The lowest BCUT2D eigenvalue weighted by atomic mass is 10.0. The molecule has 66 heavy (non-hydrogen) atoms. The zero-order valence-electron chi connectivity index (χ0n) is 44.4. The highest BCUT2D eigenvalue weighted by Crippen LogP contribution is 2.17. The highest BCUT2D eigenvalue weighted by Gasteiger charge is 2.31. The highest BCUT2D eigenvalue weighted by molar-refractivity contribution is 5.72. The number of hydrogen-bond acceptors (Lipinski definition) is 6. The Hall–Kier alpha value is -2.19. The first kappa shape index (κ1) is 63.8. The van der Waals surface area contributed by atoms with Crippen molar-refractivity contribution in [3.8, 4) is 0 Å². The molecule has 8 heteroatoms. The highest BCUT2D eigenvalue weighted by atomic mass is 16.6. The normalized spacial score (nSPS) is 12.9. The minimum atomic E-state index is -0.871. The van der Waals surface area contributed by atoms with Crippen molar-refractivity contribution < 1.29 is 38.2 Å². The quantitative estimate of drug-likeness (QED) is 0.0281. The van der Waals surface area contributed by atoms with Gasteiger partial charge in [0, 0.05) is 19.3 Å². The molecular weight excluding hydrogens is 823 g/mol. The topological polar surface area (TPSA) is 99.1 Å². The average molecular weight is 934 g/mol. The van der Waals surface area contributed by atoms with Crippen LogP contribution in [-0.2, 0) is 28.6 Å². The third kappa shape index (κ3) is 46.9. The van der Waals surface area contributed by atoms with Crippen LogP contribution < -0.4 is 0 Å². The van der Waals surface area contributed by atoms with Crippen LogP contribution in [0, 0.1) is 0 Å². The van der Waals surface area contributed by atoms with Crippen LogP contribution in [0.4, 0.5) is 0 Å². The Morgan fingerprint density at radius 3 is 1.17 bits per heavy atom. The van der Waals surface area contributed by atoms with Crippen molar-refractivity contribution in [1.82, 2.24) is 0 Å². The SMILES string of the molecule is CCCCCCC/C=C\C/C=C\CCCCCCCCCCCC(=O)OC(COCCC(C(=O)O)[N+](C)(C)C)COC(=O)CCCCCCCCCCCCCCCCCCCCCCC. The lowest BCUT2D eigenvalue weighted by Crippen LogP contribution is -2.50. The Balaban J connectivity index is 4.16. The van der Waals surface area contributed by atoms with Crippen LogP contribution in [0.25, 0.3) is 0 Å². The zero-order valence-corrected chi connectivity index (χ0v) is 44.4. The minimum absolute atomic E-state index is 0.0472. The van der Waals surface area contributed by atoms with E-state index in [1.165, 1.54) is 199 Å². The maximum atomic E-state index is 12.8. The molecule has 0 fully saturated rings. The first-order chi connectivity index (χ1) is 32.1. The van der Waals surface area contributed by atoms with Gasteiger partial charge in [-0.25, -0.2) is 4.79 Å². The molecule has 0 saturated heterocycles. The van der Waals surface area contributed by atoms with Gasteiger partial charge >= 0.3 is 17.9 Å². The number of nitrogens with zero attached hydrogens (tertiary/aromatic N) is 1. The fraction of sp³-hybridized carbons (Fsp3) is 0.879. The van der Waals surface area contributed by atoms with Gasteiger partial charge in [0.1, 0.15) is 6.61 Å². The van der Waals surface area contributed by atoms with Crippen molar-refractivity contribution in [3.05, 3.63) is 24.3 Å². The number of hydrogen-bond donors (Lipinski definition) is 1. The maximum Gasteiger partial charge on any atom is 0.362 e. The van der Waals surface area contributed by atoms with E-state index in [1.54, 1.807) is 0 Å². The van der Waals surface area contributed by atoms with E-state index in [4.69, 9.17) is 14.2 Å². The molecule has 8 nitrogen and oxygen atoms in total. The molecule has 0 rings (SSSR count). The third-order valence-corrected chi connectivity index (χ3v) is 13.1. The number of likely N-dealkylation sites (N-methyl/N-ethyl adjacent to an activating group) is 1. The molecule has 0 aliphatic carbocycles. The lowest BCUT2D eigenvalue weighted by Gasteiger charge is -2.31. The van der Waals surface area contributed by atoms with E-state index in [2.05, 4.69) is 38.2 Å². The number of carboxylic acid groups (broad SMARTS) is 1. The predicted octanol–water partition coefficient (Wildman–Crippen LogP) is 16.8. The van der Waals surface area contributed by atoms with E-state index in [-0.39, 0.29) is 36.2 Å². The number of carbonyl (C=O) groups excluding carboxylic acids is 2. The van der Waals surface area contributed by atoms with Gasteiger partial charge in [0.05, 0.1) is 34.4 Å². The van der Waals surface area contributed by atoms with E-state index in [1.807, 2.05) is 21.1 Å². The lowest BCUT2D eigenvalue weighted by molar-refractivity contribution is -0.887. The van der Waals surface area contributed by atoms with E-state index in [0.717, 1.165) is 44.9 Å². The molecule has 2 unspecified atom stereocenters. The number of quaternary nitrogens is 1. The summed E-state index contributed by atoms with van der Waals surface area (Å²) in [5.41, 5.74) is 0. The Bertz CT molecular complexity index is 1130. The number of esters is 2. The maximum absolute atomic E-state index is 12.8. The molecule has 0 aliphatic rings. The van der Waals surface area contributed by atoms with Gasteiger partial charge in [-0.05, 0) is 44.9 Å².